The molecule has 2 atom stereocenters. The Bertz CT molecular complexity index is 656. The molecule has 0 bridgehead atoms. The molecule has 2 saturated heterocycles. The molecule has 11 heteroatoms. The number of rotatable bonds is 6. The Morgan fingerprint density at radius 1 is 1.50 bits per heavy atom. The van der Waals surface area contributed by atoms with Gasteiger partial charge in [-0.1, -0.05) is 0 Å². The molecule has 158 valence electrons. The van der Waals surface area contributed by atoms with Gasteiger partial charge < -0.3 is 19.9 Å². The number of ether oxygens (including phenoxy) is 2. The minimum absolute atomic E-state index is 0.120. The van der Waals surface area contributed by atoms with Crippen LogP contribution in [0, 0.1) is 11.3 Å². The number of amides is 1. The fraction of sp³-hybridized carbons (Fsp3) is 0.647. The SMILES string of the molecule is COCCNC(=O)[C@]12COC[C@H]1CN(Cc1ccsc1)C2.O=C(O)C(F)(F)F. The third kappa shape index (κ3) is 5.66. The number of aliphatic carboxylic acids is 1. The molecule has 0 unspecified atom stereocenters. The smallest absolute Gasteiger partial charge is 0.475 e. The summed E-state index contributed by atoms with van der Waals surface area (Å²) >= 11 is 1.72. The van der Waals surface area contributed by atoms with E-state index in [-0.39, 0.29) is 11.3 Å². The van der Waals surface area contributed by atoms with Gasteiger partial charge in [-0.25, -0.2) is 4.79 Å². The summed E-state index contributed by atoms with van der Waals surface area (Å²) in [6.07, 6.45) is -5.08. The monoisotopic (exact) mass is 424 g/mol. The fourth-order valence-electron chi connectivity index (χ4n) is 3.36. The van der Waals surface area contributed by atoms with Crippen LogP contribution in [0.3, 0.4) is 0 Å². The van der Waals surface area contributed by atoms with Gasteiger partial charge in [-0.05, 0) is 22.4 Å². The van der Waals surface area contributed by atoms with Gasteiger partial charge in [0.15, 0.2) is 0 Å². The molecule has 0 aromatic carbocycles. The molecule has 28 heavy (non-hydrogen) atoms. The van der Waals surface area contributed by atoms with Crippen LogP contribution in [0.15, 0.2) is 16.8 Å². The van der Waals surface area contributed by atoms with Crippen LogP contribution < -0.4 is 5.32 Å². The Balaban J connectivity index is 0.000000345. The molecule has 1 aromatic rings. The first-order chi connectivity index (χ1) is 13.2. The van der Waals surface area contributed by atoms with Crippen LogP contribution >= 0.6 is 11.3 Å². The summed E-state index contributed by atoms with van der Waals surface area (Å²) in [6, 6.07) is 2.15. The Kier molecular flexibility index (Phi) is 7.81. The van der Waals surface area contributed by atoms with Gasteiger partial charge >= 0.3 is 12.1 Å². The maximum atomic E-state index is 12.6. The topological polar surface area (TPSA) is 88.1 Å². The van der Waals surface area contributed by atoms with Crippen molar-refractivity contribution in [2.24, 2.45) is 11.3 Å². The Morgan fingerprint density at radius 2 is 2.21 bits per heavy atom. The second kappa shape index (κ2) is 9.68. The van der Waals surface area contributed by atoms with E-state index in [9.17, 15) is 18.0 Å². The second-order valence-corrected chi connectivity index (χ2v) is 7.50. The first-order valence-corrected chi connectivity index (χ1v) is 9.52. The average Bonchev–Trinajstić information content (AvgIpc) is 3.31. The van der Waals surface area contributed by atoms with Crippen LogP contribution in [0.1, 0.15) is 5.56 Å². The summed E-state index contributed by atoms with van der Waals surface area (Å²) < 4.78 is 42.3. The van der Waals surface area contributed by atoms with Crippen LogP contribution in [0.5, 0.6) is 0 Å². The van der Waals surface area contributed by atoms with Crippen LogP contribution in [-0.2, 0) is 25.6 Å². The molecule has 1 aromatic heterocycles. The van der Waals surface area contributed by atoms with Crippen LogP contribution in [-0.4, -0.2) is 74.6 Å². The van der Waals surface area contributed by atoms with Crippen LogP contribution in [0.2, 0.25) is 0 Å². The zero-order valence-corrected chi connectivity index (χ0v) is 16.1. The lowest BCUT2D eigenvalue weighted by Gasteiger charge is -2.26. The second-order valence-electron chi connectivity index (χ2n) is 6.72. The normalized spacial score (nSPS) is 24.4. The lowest BCUT2D eigenvalue weighted by atomic mass is 9.80. The zero-order valence-electron chi connectivity index (χ0n) is 15.3. The predicted molar refractivity (Wildman–Crippen MR) is 94.9 cm³/mol. The molecule has 7 nitrogen and oxygen atoms in total. The number of carbonyl (C=O) groups excluding carboxylic acids is 1. The number of carboxylic acid groups (broad SMARTS) is 1. The van der Waals surface area contributed by atoms with E-state index in [1.807, 2.05) is 0 Å². The highest BCUT2D eigenvalue weighted by Crippen LogP contribution is 2.42. The summed E-state index contributed by atoms with van der Waals surface area (Å²) in [7, 11) is 1.64. The van der Waals surface area contributed by atoms with Gasteiger partial charge in [-0.3, -0.25) is 9.69 Å². The first-order valence-electron chi connectivity index (χ1n) is 8.57. The lowest BCUT2D eigenvalue weighted by Crippen LogP contribution is -2.47. The van der Waals surface area contributed by atoms with Gasteiger partial charge in [-0.2, -0.15) is 24.5 Å². The predicted octanol–water partition coefficient (Wildman–Crippen LogP) is 1.59. The van der Waals surface area contributed by atoms with Crippen molar-refractivity contribution in [2.75, 3.05) is 46.6 Å². The van der Waals surface area contributed by atoms with E-state index in [1.165, 1.54) is 5.56 Å². The van der Waals surface area contributed by atoms with Crippen molar-refractivity contribution in [1.29, 1.82) is 0 Å². The minimum Gasteiger partial charge on any atom is -0.475 e. The Morgan fingerprint density at radius 3 is 2.79 bits per heavy atom. The van der Waals surface area contributed by atoms with Crippen molar-refractivity contribution in [3.63, 3.8) is 0 Å². The van der Waals surface area contributed by atoms with E-state index in [4.69, 9.17) is 19.4 Å². The number of hydrogen-bond acceptors (Lipinski definition) is 6. The minimum atomic E-state index is -5.08. The van der Waals surface area contributed by atoms with Gasteiger partial charge in [0, 0.05) is 39.2 Å². The van der Waals surface area contributed by atoms with E-state index < -0.39 is 12.1 Å². The van der Waals surface area contributed by atoms with E-state index in [1.54, 1.807) is 18.4 Å². The molecular formula is C17H23F3N2O5S. The number of thiophene rings is 1. The number of hydrogen-bond donors (Lipinski definition) is 2. The van der Waals surface area contributed by atoms with Crippen molar-refractivity contribution in [2.45, 2.75) is 12.7 Å². The summed E-state index contributed by atoms with van der Waals surface area (Å²) in [5.41, 5.74) is 0.958. The summed E-state index contributed by atoms with van der Waals surface area (Å²) in [4.78, 5) is 23.9. The summed E-state index contributed by atoms with van der Waals surface area (Å²) in [5.74, 6) is -2.33. The van der Waals surface area contributed by atoms with Gasteiger partial charge in [0.2, 0.25) is 5.91 Å². The molecule has 0 aliphatic carbocycles. The molecule has 2 aliphatic rings. The highest BCUT2D eigenvalue weighted by molar-refractivity contribution is 7.07. The number of carbonyl (C=O) groups is 2. The van der Waals surface area contributed by atoms with Crippen molar-refractivity contribution in [3.05, 3.63) is 22.4 Å². The van der Waals surface area contributed by atoms with E-state index in [0.29, 0.717) is 32.3 Å². The third-order valence-corrected chi connectivity index (χ3v) is 5.45. The maximum Gasteiger partial charge on any atom is 0.490 e. The number of likely N-dealkylation sites (tertiary alicyclic amines) is 1. The highest BCUT2D eigenvalue weighted by atomic mass is 32.1. The van der Waals surface area contributed by atoms with Gasteiger partial charge in [0.05, 0.1) is 25.2 Å². The number of nitrogens with zero attached hydrogens (tertiary/aromatic N) is 1. The lowest BCUT2D eigenvalue weighted by molar-refractivity contribution is -0.192. The molecule has 3 rings (SSSR count). The van der Waals surface area contributed by atoms with Crippen LogP contribution in [0.4, 0.5) is 13.2 Å². The molecule has 0 radical (unpaired) electrons. The third-order valence-electron chi connectivity index (χ3n) is 4.72. The molecule has 2 N–H and O–H groups in total. The van der Waals surface area contributed by atoms with Crippen LogP contribution in [0.25, 0.3) is 0 Å². The van der Waals surface area contributed by atoms with E-state index in [2.05, 4.69) is 27.0 Å². The van der Waals surface area contributed by atoms with Crippen molar-refractivity contribution < 1.29 is 37.3 Å². The maximum absolute atomic E-state index is 12.6. The number of alkyl halides is 3. The highest BCUT2D eigenvalue weighted by Gasteiger charge is 2.55. The average molecular weight is 424 g/mol. The molecule has 0 spiro atoms. The van der Waals surface area contributed by atoms with E-state index >= 15 is 0 Å². The quantitative estimate of drug-likeness (QED) is 0.675. The van der Waals surface area contributed by atoms with Gasteiger partial charge in [0.25, 0.3) is 0 Å². The molecule has 1 amide bonds. The summed E-state index contributed by atoms with van der Waals surface area (Å²) in [6.45, 7) is 4.99. The molecule has 0 saturated carbocycles. The van der Waals surface area contributed by atoms with Crippen molar-refractivity contribution >= 4 is 23.2 Å². The Hall–Kier alpha value is -1.69. The Labute approximate surface area is 164 Å². The molecular weight excluding hydrogens is 401 g/mol. The number of halogens is 3. The largest absolute Gasteiger partial charge is 0.490 e. The number of methoxy groups -OCH3 is 1. The zero-order chi connectivity index (χ0) is 20.8. The standard InChI is InChI=1S/C15H22N2O3S.C2HF3O2/c1-19-4-3-16-14(18)15-10-17(6-12-2-5-21-9-12)7-13(15)8-20-11-15;3-2(4,5)1(6)7/h2,5,9,13H,3-4,6-8,10-11H2,1H3,(H,16,18);(H,6,7)/t13-,15-;/m1./s1. The first kappa shape index (κ1) is 22.6. The fourth-order valence-corrected chi connectivity index (χ4v) is 4.02. The van der Waals surface area contributed by atoms with Gasteiger partial charge in [0.1, 0.15) is 0 Å². The number of fused-ring (bicyclic) bond motifs is 1. The number of carboxylic acids is 1. The molecule has 2 fully saturated rings. The van der Waals surface area contributed by atoms with Gasteiger partial charge in [-0.15, -0.1) is 0 Å². The van der Waals surface area contributed by atoms with Crippen molar-refractivity contribution in [1.82, 2.24) is 10.2 Å². The molecule has 3 heterocycles. The van der Waals surface area contributed by atoms with Crippen molar-refractivity contribution in [3.8, 4) is 0 Å². The summed E-state index contributed by atoms with van der Waals surface area (Å²) in [5, 5.41) is 14.4. The molecule has 2 aliphatic heterocycles. The van der Waals surface area contributed by atoms with E-state index in [0.717, 1.165) is 19.6 Å². The number of nitrogens with one attached hydrogen (secondary N) is 1.